The number of hydrogen-bond acceptors (Lipinski definition) is 4. The van der Waals surface area contributed by atoms with E-state index in [-0.39, 0.29) is 23.9 Å². The molecule has 2 atom stereocenters. The number of carbonyl (C=O) groups excluding carboxylic acids is 1. The molecule has 1 heterocycles. The first-order valence-corrected chi connectivity index (χ1v) is 10.8. The molecule has 0 aliphatic carbocycles. The Labute approximate surface area is 183 Å². The molecule has 2 aromatic rings. The van der Waals surface area contributed by atoms with Gasteiger partial charge in [-0.25, -0.2) is 9.18 Å². The Bertz CT molecular complexity index is 888. The van der Waals surface area contributed by atoms with Crippen molar-refractivity contribution in [3.8, 4) is 11.5 Å². The second kappa shape index (κ2) is 10.5. The number of halogens is 1. The SMILES string of the molecule is CCNC(=O)N[C@H](CC)[C@@H]1c2cc(OC)c(OC)cc2CCN1Cc1ccc(F)cc1. The molecule has 0 fully saturated rings. The first-order valence-electron chi connectivity index (χ1n) is 10.8. The fourth-order valence-electron chi connectivity index (χ4n) is 4.29. The van der Waals surface area contributed by atoms with Crippen molar-refractivity contribution in [2.75, 3.05) is 27.3 Å². The fraction of sp³-hybridized carbons (Fsp3) is 0.458. The van der Waals surface area contributed by atoms with Crippen LogP contribution in [0.3, 0.4) is 0 Å². The summed E-state index contributed by atoms with van der Waals surface area (Å²) in [6.45, 7) is 6.01. The predicted molar refractivity (Wildman–Crippen MR) is 119 cm³/mol. The van der Waals surface area contributed by atoms with Crippen LogP contribution >= 0.6 is 0 Å². The zero-order valence-electron chi connectivity index (χ0n) is 18.7. The number of nitrogens with zero attached hydrogens (tertiary/aromatic N) is 1. The number of methoxy groups -OCH3 is 2. The third-order valence-corrected chi connectivity index (χ3v) is 5.80. The van der Waals surface area contributed by atoms with Crippen LogP contribution in [0.4, 0.5) is 9.18 Å². The smallest absolute Gasteiger partial charge is 0.315 e. The van der Waals surface area contributed by atoms with Crippen molar-refractivity contribution in [2.24, 2.45) is 0 Å². The standard InChI is InChI=1S/C24H32FN3O3/c1-5-20(27-24(29)26-6-2)23-19-14-22(31-4)21(30-3)13-17(19)11-12-28(23)15-16-7-9-18(25)10-8-16/h7-10,13-14,20,23H,5-6,11-12,15H2,1-4H3,(H2,26,27,29)/t20-,23+/m1/s1. The zero-order chi connectivity index (χ0) is 22.4. The zero-order valence-corrected chi connectivity index (χ0v) is 18.7. The van der Waals surface area contributed by atoms with Crippen LogP contribution in [-0.2, 0) is 13.0 Å². The van der Waals surface area contributed by atoms with E-state index in [1.54, 1.807) is 14.2 Å². The molecule has 0 radical (unpaired) electrons. The maximum absolute atomic E-state index is 13.4. The van der Waals surface area contributed by atoms with Gasteiger partial charge in [0.2, 0.25) is 0 Å². The molecule has 3 rings (SSSR count). The van der Waals surface area contributed by atoms with Gasteiger partial charge in [-0.15, -0.1) is 0 Å². The number of ether oxygens (including phenoxy) is 2. The Morgan fingerprint density at radius 1 is 1.16 bits per heavy atom. The second-order valence-electron chi connectivity index (χ2n) is 7.72. The van der Waals surface area contributed by atoms with Crippen LogP contribution in [-0.4, -0.2) is 44.3 Å². The van der Waals surface area contributed by atoms with Gasteiger partial charge < -0.3 is 20.1 Å². The van der Waals surface area contributed by atoms with Crippen LogP contribution in [0, 0.1) is 5.82 Å². The summed E-state index contributed by atoms with van der Waals surface area (Å²) in [5.41, 5.74) is 3.34. The fourth-order valence-corrected chi connectivity index (χ4v) is 4.29. The topological polar surface area (TPSA) is 62.8 Å². The lowest BCUT2D eigenvalue weighted by Gasteiger charge is -2.42. The van der Waals surface area contributed by atoms with E-state index < -0.39 is 0 Å². The number of benzene rings is 2. The van der Waals surface area contributed by atoms with Crippen molar-refractivity contribution >= 4 is 6.03 Å². The molecule has 0 aromatic heterocycles. The lowest BCUT2D eigenvalue weighted by Crippen LogP contribution is -2.50. The average Bonchev–Trinajstić information content (AvgIpc) is 2.78. The van der Waals surface area contributed by atoms with Crippen molar-refractivity contribution in [2.45, 2.75) is 45.3 Å². The molecule has 0 saturated carbocycles. The predicted octanol–water partition coefficient (Wildman–Crippen LogP) is 4.04. The molecule has 0 bridgehead atoms. The molecule has 2 amide bonds. The number of urea groups is 1. The molecule has 0 unspecified atom stereocenters. The molecule has 168 valence electrons. The maximum Gasteiger partial charge on any atom is 0.315 e. The van der Waals surface area contributed by atoms with Gasteiger partial charge in [-0.05, 0) is 60.7 Å². The number of amides is 2. The van der Waals surface area contributed by atoms with Crippen molar-refractivity contribution in [3.05, 3.63) is 58.9 Å². The van der Waals surface area contributed by atoms with Crippen LogP contribution in [0.1, 0.15) is 43.0 Å². The number of carbonyl (C=O) groups is 1. The van der Waals surface area contributed by atoms with Crippen LogP contribution in [0.2, 0.25) is 0 Å². The highest BCUT2D eigenvalue weighted by atomic mass is 19.1. The maximum atomic E-state index is 13.4. The third-order valence-electron chi connectivity index (χ3n) is 5.80. The monoisotopic (exact) mass is 429 g/mol. The summed E-state index contributed by atoms with van der Waals surface area (Å²) in [5.74, 6) is 1.13. The molecule has 2 N–H and O–H groups in total. The van der Waals surface area contributed by atoms with Crippen molar-refractivity contribution in [1.82, 2.24) is 15.5 Å². The summed E-state index contributed by atoms with van der Waals surface area (Å²) in [6, 6.07) is 10.3. The average molecular weight is 430 g/mol. The minimum absolute atomic E-state index is 0.0544. The van der Waals surface area contributed by atoms with Crippen molar-refractivity contribution in [1.29, 1.82) is 0 Å². The summed E-state index contributed by atoms with van der Waals surface area (Å²) in [5, 5.41) is 5.98. The van der Waals surface area contributed by atoms with Crippen LogP contribution < -0.4 is 20.1 Å². The lowest BCUT2D eigenvalue weighted by molar-refractivity contribution is 0.135. The molecule has 0 saturated heterocycles. The largest absolute Gasteiger partial charge is 0.493 e. The summed E-state index contributed by atoms with van der Waals surface area (Å²) in [4.78, 5) is 14.7. The molecule has 1 aliphatic rings. The minimum Gasteiger partial charge on any atom is -0.493 e. The summed E-state index contributed by atoms with van der Waals surface area (Å²) in [7, 11) is 3.26. The molecule has 6 nitrogen and oxygen atoms in total. The Kier molecular flexibility index (Phi) is 7.74. The van der Waals surface area contributed by atoms with Gasteiger partial charge in [0.25, 0.3) is 0 Å². The number of fused-ring (bicyclic) bond motifs is 1. The highest BCUT2D eigenvalue weighted by Crippen LogP contribution is 2.40. The van der Waals surface area contributed by atoms with Gasteiger partial charge in [-0.3, -0.25) is 4.90 Å². The number of nitrogens with one attached hydrogen (secondary N) is 2. The van der Waals surface area contributed by atoms with Gasteiger partial charge in [0.05, 0.1) is 26.3 Å². The van der Waals surface area contributed by atoms with Crippen molar-refractivity contribution in [3.63, 3.8) is 0 Å². The van der Waals surface area contributed by atoms with Crippen LogP contribution in [0.25, 0.3) is 0 Å². The molecule has 31 heavy (non-hydrogen) atoms. The first kappa shape index (κ1) is 22.9. The molecule has 0 spiro atoms. The Hall–Kier alpha value is -2.80. The number of hydrogen-bond donors (Lipinski definition) is 2. The summed E-state index contributed by atoms with van der Waals surface area (Å²) in [6.07, 6.45) is 1.61. The van der Waals surface area contributed by atoms with E-state index in [2.05, 4.69) is 22.5 Å². The molecular weight excluding hydrogens is 397 g/mol. The quantitative estimate of drug-likeness (QED) is 0.665. The molecule has 7 heteroatoms. The van der Waals surface area contributed by atoms with Gasteiger partial charge in [0, 0.05) is 19.6 Å². The Morgan fingerprint density at radius 2 is 1.84 bits per heavy atom. The van der Waals surface area contributed by atoms with E-state index >= 15 is 0 Å². The van der Waals surface area contributed by atoms with E-state index in [4.69, 9.17) is 9.47 Å². The van der Waals surface area contributed by atoms with E-state index in [0.29, 0.717) is 24.6 Å². The van der Waals surface area contributed by atoms with Gasteiger partial charge in [0.15, 0.2) is 11.5 Å². The van der Waals surface area contributed by atoms with Gasteiger partial charge in [-0.2, -0.15) is 0 Å². The Balaban J connectivity index is 2.00. The highest BCUT2D eigenvalue weighted by molar-refractivity contribution is 5.74. The van der Waals surface area contributed by atoms with E-state index in [1.807, 2.05) is 31.2 Å². The van der Waals surface area contributed by atoms with Gasteiger partial charge in [0.1, 0.15) is 5.82 Å². The second-order valence-corrected chi connectivity index (χ2v) is 7.72. The van der Waals surface area contributed by atoms with Gasteiger partial charge in [-0.1, -0.05) is 19.1 Å². The third kappa shape index (κ3) is 5.28. The van der Waals surface area contributed by atoms with Crippen LogP contribution in [0.15, 0.2) is 36.4 Å². The Morgan fingerprint density at radius 3 is 2.45 bits per heavy atom. The highest BCUT2D eigenvalue weighted by Gasteiger charge is 2.35. The van der Waals surface area contributed by atoms with Gasteiger partial charge >= 0.3 is 6.03 Å². The molecule has 2 aromatic carbocycles. The van der Waals surface area contributed by atoms with Crippen LogP contribution in [0.5, 0.6) is 11.5 Å². The lowest BCUT2D eigenvalue weighted by atomic mass is 9.86. The normalized spacial score (nSPS) is 16.9. The van der Waals surface area contributed by atoms with E-state index in [9.17, 15) is 9.18 Å². The number of rotatable bonds is 8. The summed E-state index contributed by atoms with van der Waals surface area (Å²) < 4.78 is 24.5. The minimum atomic E-state index is -0.245. The molecule has 1 aliphatic heterocycles. The van der Waals surface area contributed by atoms with Crippen molar-refractivity contribution < 1.29 is 18.7 Å². The molecular formula is C24H32FN3O3. The first-order chi connectivity index (χ1) is 15.0. The van der Waals surface area contributed by atoms with E-state index in [1.165, 1.54) is 17.7 Å². The van der Waals surface area contributed by atoms with E-state index in [0.717, 1.165) is 30.5 Å². The summed E-state index contributed by atoms with van der Waals surface area (Å²) >= 11 is 0.